The van der Waals surface area contributed by atoms with Crippen LogP contribution in [-0.2, 0) is 8.98 Å². The van der Waals surface area contributed by atoms with Gasteiger partial charge in [-0.2, -0.15) is 0 Å². The van der Waals surface area contributed by atoms with E-state index in [1.54, 1.807) is 6.20 Å². The van der Waals surface area contributed by atoms with E-state index in [1.807, 2.05) is 25.1 Å². The van der Waals surface area contributed by atoms with Crippen molar-refractivity contribution in [2.24, 2.45) is 0 Å². The van der Waals surface area contributed by atoms with Crippen molar-refractivity contribution in [3.63, 3.8) is 0 Å². The van der Waals surface area contributed by atoms with Crippen LogP contribution in [0.25, 0.3) is 0 Å². The molecule has 0 unspecified atom stereocenters. The minimum atomic E-state index is -0.180. The number of hydrogen-bond acceptors (Lipinski definition) is 5. The zero-order chi connectivity index (χ0) is 10.2. The monoisotopic (exact) mass is 229 g/mol. The summed E-state index contributed by atoms with van der Waals surface area (Å²) in [4.78, 5) is 15.0. The highest BCUT2D eigenvalue weighted by molar-refractivity contribution is 8.75. The lowest BCUT2D eigenvalue weighted by Crippen LogP contribution is -1.95. The Bertz CT molecular complexity index is 279. The Morgan fingerprint density at radius 2 is 2.43 bits per heavy atom. The summed E-state index contributed by atoms with van der Waals surface area (Å²) in [5.41, 5.74) is 0. The number of aromatic nitrogens is 1. The average molecular weight is 229 g/mol. The molecule has 5 heteroatoms. The molecule has 0 aromatic carbocycles. The summed E-state index contributed by atoms with van der Waals surface area (Å²) in [5.74, 6) is -0.180. The predicted octanol–water partition coefficient (Wildman–Crippen LogP) is 3.08. The van der Waals surface area contributed by atoms with E-state index in [2.05, 4.69) is 4.98 Å². The third-order valence-electron chi connectivity index (χ3n) is 1.34. The first kappa shape index (κ1) is 11.4. The van der Waals surface area contributed by atoms with Gasteiger partial charge in [-0.25, -0.2) is 4.98 Å². The van der Waals surface area contributed by atoms with Gasteiger partial charge in [-0.05, 0) is 18.6 Å². The van der Waals surface area contributed by atoms with Gasteiger partial charge in [0.2, 0.25) is 0 Å². The number of rotatable bonds is 5. The fourth-order valence-corrected chi connectivity index (χ4v) is 2.07. The zero-order valence-corrected chi connectivity index (χ0v) is 9.44. The third kappa shape index (κ3) is 4.53. The van der Waals surface area contributed by atoms with Gasteiger partial charge in [-0.15, -0.1) is 0 Å². The molecule has 76 valence electrons. The molecular weight excluding hydrogens is 218 g/mol. The minimum Gasteiger partial charge on any atom is -0.379 e. The van der Waals surface area contributed by atoms with Gasteiger partial charge < -0.3 is 4.18 Å². The predicted molar refractivity (Wildman–Crippen MR) is 58.7 cm³/mol. The lowest BCUT2D eigenvalue weighted by Gasteiger charge is -1.99. The van der Waals surface area contributed by atoms with Crippen molar-refractivity contribution in [2.45, 2.75) is 24.8 Å². The molecule has 0 aliphatic rings. The quantitative estimate of drug-likeness (QED) is 0.573. The molecule has 0 aliphatic carbocycles. The maximum atomic E-state index is 11.0. The van der Waals surface area contributed by atoms with E-state index in [-0.39, 0.29) is 5.97 Å². The van der Waals surface area contributed by atoms with E-state index in [4.69, 9.17) is 4.18 Å². The van der Waals surface area contributed by atoms with Crippen LogP contribution in [-0.4, -0.2) is 11.0 Å². The Morgan fingerprint density at radius 3 is 3.07 bits per heavy atom. The number of carbonyl (C=O) groups excluding carboxylic acids is 1. The summed E-state index contributed by atoms with van der Waals surface area (Å²) in [6.07, 6.45) is 2.99. The van der Waals surface area contributed by atoms with Crippen LogP contribution in [0.3, 0.4) is 0 Å². The molecule has 1 heterocycles. The van der Waals surface area contributed by atoms with Crippen molar-refractivity contribution in [2.75, 3.05) is 0 Å². The van der Waals surface area contributed by atoms with Crippen molar-refractivity contribution in [1.29, 1.82) is 0 Å². The van der Waals surface area contributed by atoms with Gasteiger partial charge in [0, 0.05) is 23.4 Å². The standard InChI is InChI=1S/C9H11NO2S2/c1-2-5-9(11)12-14-13-8-6-3-4-7-10-8/h3-4,6-7H,2,5H2,1H3. The van der Waals surface area contributed by atoms with E-state index in [1.165, 1.54) is 10.8 Å². The van der Waals surface area contributed by atoms with Gasteiger partial charge in [0.05, 0.1) is 0 Å². The maximum absolute atomic E-state index is 11.0. The van der Waals surface area contributed by atoms with Gasteiger partial charge in [-0.3, -0.25) is 4.79 Å². The van der Waals surface area contributed by atoms with E-state index >= 15 is 0 Å². The minimum absolute atomic E-state index is 0.180. The Morgan fingerprint density at radius 1 is 1.57 bits per heavy atom. The molecule has 0 atom stereocenters. The fraction of sp³-hybridized carbons (Fsp3) is 0.333. The number of pyridine rings is 1. The third-order valence-corrected chi connectivity index (χ3v) is 2.99. The van der Waals surface area contributed by atoms with Crippen LogP contribution in [0.4, 0.5) is 0 Å². The molecule has 0 radical (unpaired) electrons. The molecule has 0 N–H and O–H groups in total. The highest BCUT2D eigenvalue weighted by atomic mass is 33.1. The number of carbonyl (C=O) groups is 1. The summed E-state index contributed by atoms with van der Waals surface area (Å²) in [6.45, 7) is 1.94. The molecule has 14 heavy (non-hydrogen) atoms. The topological polar surface area (TPSA) is 39.2 Å². The van der Waals surface area contributed by atoms with E-state index in [9.17, 15) is 4.79 Å². The lowest BCUT2D eigenvalue weighted by molar-refractivity contribution is -0.132. The summed E-state index contributed by atoms with van der Waals surface area (Å²) in [7, 11) is 1.34. The lowest BCUT2D eigenvalue weighted by atomic mass is 10.4. The molecule has 1 aromatic heterocycles. The first-order valence-corrected chi connectivity index (χ1v) is 6.35. The van der Waals surface area contributed by atoms with Gasteiger partial charge in [0.25, 0.3) is 0 Å². The second-order valence-electron chi connectivity index (χ2n) is 2.52. The highest BCUT2D eigenvalue weighted by Crippen LogP contribution is 2.30. The molecule has 0 bridgehead atoms. The average Bonchev–Trinajstić information content (AvgIpc) is 2.20. The molecule has 1 rings (SSSR count). The Labute approximate surface area is 91.2 Å². The SMILES string of the molecule is CCCC(=O)OSSc1ccccn1. The Kier molecular flexibility index (Phi) is 5.47. The van der Waals surface area contributed by atoms with Crippen LogP contribution >= 0.6 is 21.9 Å². The van der Waals surface area contributed by atoms with Crippen LogP contribution < -0.4 is 0 Å². The number of hydrogen-bond donors (Lipinski definition) is 0. The molecule has 0 amide bonds. The summed E-state index contributed by atoms with van der Waals surface area (Å²) in [5, 5.41) is 0.835. The second-order valence-corrected chi connectivity index (χ2v) is 4.32. The molecule has 0 saturated carbocycles. The van der Waals surface area contributed by atoms with Crippen molar-refractivity contribution in [1.82, 2.24) is 4.98 Å². The van der Waals surface area contributed by atoms with Crippen molar-refractivity contribution < 1.29 is 8.98 Å². The summed E-state index contributed by atoms with van der Waals surface area (Å²) in [6, 6.07) is 5.60. The first-order chi connectivity index (χ1) is 6.83. The fourth-order valence-electron chi connectivity index (χ4n) is 0.732. The van der Waals surface area contributed by atoms with Crippen LogP contribution in [0.15, 0.2) is 29.4 Å². The maximum Gasteiger partial charge on any atom is 0.318 e. The Hall–Kier alpha value is -0.680. The molecular formula is C9H11NO2S2. The molecule has 0 spiro atoms. The molecule has 0 saturated heterocycles. The molecule has 3 nitrogen and oxygen atoms in total. The zero-order valence-electron chi connectivity index (χ0n) is 7.80. The molecule has 0 fully saturated rings. The Balaban J connectivity index is 2.19. The van der Waals surface area contributed by atoms with Gasteiger partial charge >= 0.3 is 5.97 Å². The summed E-state index contributed by atoms with van der Waals surface area (Å²) >= 11 is 1.06. The van der Waals surface area contributed by atoms with Crippen LogP contribution in [0, 0.1) is 0 Å². The van der Waals surface area contributed by atoms with Crippen LogP contribution in [0.2, 0.25) is 0 Å². The second kappa shape index (κ2) is 6.73. The van der Waals surface area contributed by atoms with Gasteiger partial charge in [-0.1, -0.05) is 13.0 Å². The normalized spacial score (nSPS) is 9.79. The number of nitrogens with zero attached hydrogens (tertiary/aromatic N) is 1. The van der Waals surface area contributed by atoms with Crippen LogP contribution in [0.5, 0.6) is 0 Å². The smallest absolute Gasteiger partial charge is 0.318 e. The molecule has 0 aliphatic heterocycles. The van der Waals surface area contributed by atoms with E-state index in [0.717, 1.165) is 22.5 Å². The van der Waals surface area contributed by atoms with E-state index in [0.29, 0.717) is 6.42 Å². The van der Waals surface area contributed by atoms with Crippen molar-refractivity contribution in [3.05, 3.63) is 24.4 Å². The largest absolute Gasteiger partial charge is 0.379 e. The summed E-state index contributed by atoms with van der Waals surface area (Å²) < 4.78 is 4.89. The van der Waals surface area contributed by atoms with Crippen molar-refractivity contribution in [3.8, 4) is 0 Å². The molecule has 1 aromatic rings. The first-order valence-electron chi connectivity index (χ1n) is 4.28. The highest BCUT2D eigenvalue weighted by Gasteiger charge is 2.02. The van der Waals surface area contributed by atoms with E-state index < -0.39 is 0 Å². The van der Waals surface area contributed by atoms with Gasteiger partial charge in [0.15, 0.2) is 0 Å². The van der Waals surface area contributed by atoms with Crippen molar-refractivity contribution >= 4 is 27.8 Å². The van der Waals surface area contributed by atoms with Crippen LogP contribution in [0.1, 0.15) is 19.8 Å². The van der Waals surface area contributed by atoms with Gasteiger partial charge in [0.1, 0.15) is 16.1 Å².